The highest BCUT2D eigenvalue weighted by molar-refractivity contribution is 5.26. The van der Waals surface area contributed by atoms with E-state index in [1.54, 1.807) is 24.7 Å². The summed E-state index contributed by atoms with van der Waals surface area (Å²) in [5.41, 5.74) is 8.22. The van der Waals surface area contributed by atoms with E-state index in [0.717, 1.165) is 11.3 Å². The van der Waals surface area contributed by atoms with Gasteiger partial charge in [0, 0.05) is 25.7 Å². The van der Waals surface area contributed by atoms with Crippen molar-refractivity contribution in [1.29, 1.82) is 0 Å². The molecule has 0 radical (unpaired) electrons. The standard InChI is InChI=1S/C12H15FN4/c1-8-3-4-9(5-11(8)13)12(14)6-10-7-17(2)16-15-10/h3-5,7,12H,6,14H2,1-2H3. The second-order valence-electron chi connectivity index (χ2n) is 4.20. The predicted molar refractivity (Wildman–Crippen MR) is 62.8 cm³/mol. The Kier molecular flexibility index (Phi) is 3.19. The average molecular weight is 234 g/mol. The van der Waals surface area contributed by atoms with Crippen molar-refractivity contribution >= 4 is 0 Å². The van der Waals surface area contributed by atoms with Crippen molar-refractivity contribution in [1.82, 2.24) is 15.0 Å². The Labute approximate surface area is 99.2 Å². The zero-order valence-corrected chi connectivity index (χ0v) is 9.89. The smallest absolute Gasteiger partial charge is 0.126 e. The molecule has 0 saturated heterocycles. The summed E-state index contributed by atoms with van der Waals surface area (Å²) in [7, 11) is 1.80. The first-order valence-electron chi connectivity index (χ1n) is 5.43. The van der Waals surface area contributed by atoms with Gasteiger partial charge in [0.15, 0.2) is 0 Å². The molecule has 17 heavy (non-hydrogen) atoms. The molecule has 0 amide bonds. The van der Waals surface area contributed by atoms with E-state index < -0.39 is 0 Å². The van der Waals surface area contributed by atoms with Crippen molar-refractivity contribution in [3.63, 3.8) is 0 Å². The first-order chi connectivity index (χ1) is 8.06. The third-order valence-corrected chi connectivity index (χ3v) is 2.70. The summed E-state index contributed by atoms with van der Waals surface area (Å²) in [6.07, 6.45) is 2.36. The lowest BCUT2D eigenvalue weighted by molar-refractivity contribution is 0.609. The number of hydrogen-bond donors (Lipinski definition) is 1. The number of nitrogens with zero attached hydrogens (tertiary/aromatic N) is 3. The zero-order valence-electron chi connectivity index (χ0n) is 9.89. The van der Waals surface area contributed by atoms with E-state index in [4.69, 9.17) is 5.73 Å². The van der Waals surface area contributed by atoms with Crippen LogP contribution in [0.4, 0.5) is 4.39 Å². The minimum absolute atomic E-state index is 0.225. The number of hydrogen-bond acceptors (Lipinski definition) is 3. The Morgan fingerprint density at radius 2 is 2.24 bits per heavy atom. The van der Waals surface area contributed by atoms with Gasteiger partial charge in [-0.3, -0.25) is 4.68 Å². The van der Waals surface area contributed by atoms with E-state index in [9.17, 15) is 4.39 Å². The first kappa shape index (κ1) is 11.7. The zero-order chi connectivity index (χ0) is 12.4. The van der Waals surface area contributed by atoms with Crippen LogP contribution < -0.4 is 5.73 Å². The minimum Gasteiger partial charge on any atom is -0.324 e. The molecule has 0 aliphatic rings. The van der Waals surface area contributed by atoms with Crippen LogP contribution in [0.5, 0.6) is 0 Å². The molecule has 0 bridgehead atoms. The summed E-state index contributed by atoms with van der Waals surface area (Å²) in [6, 6.07) is 4.80. The number of nitrogens with two attached hydrogens (primary N) is 1. The molecule has 1 aromatic heterocycles. The van der Waals surface area contributed by atoms with Crippen molar-refractivity contribution in [2.75, 3.05) is 0 Å². The van der Waals surface area contributed by atoms with Gasteiger partial charge in [0.05, 0.1) is 5.69 Å². The second-order valence-corrected chi connectivity index (χ2v) is 4.20. The molecule has 2 N–H and O–H groups in total. The van der Waals surface area contributed by atoms with Gasteiger partial charge in [-0.05, 0) is 24.1 Å². The summed E-state index contributed by atoms with van der Waals surface area (Å²) in [4.78, 5) is 0. The summed E-state index contributed by atoms with van der Waals surface area (Å²) in [5, 5.41) is 7.79. The maximum atomic E-state index is 13.4. The highest BCUT2D eigenvalue weighted by Crippen LogP contribution is 2.17. The van der Waals surface area contributed by atoms with Gasteiger partial charge in [-0.1, -0.05) is 17.3 Å². The van der Waals surface area contributed by atoms with E-state index in [1.165, 1.54) is 6.07 Å². The van der Waals surface area contributed by atoms with Crippen LogP contribution in [0, 0.1) is 12.7 Å². The van der Waals surface area contributed by atoms with Crippen LogP contribution in [0.1, 0.15) is 22.9 Å². The quantitative estimate of drug-likeness (QED) is 0.875. The molecule has 4 nitrogen and oxygen atoms in total. The van der Waals surface area contributed by atoms with Gasteiger partial charge in [0.2, 0.25) is 0 Å². The van der Waals surface area contributed by atoms with E-state index in [-0.39, 0.29) is 11.9 Å². The van der Waals surface area contributed by atoms with E-state index in [2.05, 4.69) is 10.3 Å². The molecule has 1 atom stereocenters. The van der Waals surface area contributed by atoms with E-state index in [1.807, 2.05) is 12.3 Å². The first-order valence-corrected chi connectivity index (χ1v) is 5.43. The number of aryl methyl sites for hydroxylation is 2. The molecule has 1 unspecified atom stereocenters. The van der Waals surface area contributed by atoms with Crippen LogP contribution in [0.3, 0.4) is 0 Å². The highest BCUT2D eigenvalue weighted by Gasteiger charge is 2.11. The minimum atomic E-state index is -0.262. The summed E-state index contributed by atoms with van der Waals surface area (Å²) in [6.45, 7) is 1.73. The normalized spacial score (nSPS) is 12.7. The molecular weight excluding hydrogens is 219 g/mol. The largest absolute Gasteiger partial charge is 0.324 e. The van der Waals surface area contributed by atoms with Crippen LogP contribution in [-0.4, -0.2) is 15.0 Å². The van der Waals surface area contributed by atoms with Crippen LogP contribution >= 0.6 is 0 Å². The van der Waals surface area contributed by atoms with Crippen LogP contribution in [-0.2, 0) is 13.5 Å². The lowest BCUT2D eigenvalue weighted by Gasteiger charge is -2.10. The van der Waals surface area contributed by atoms with Crippen LogP contribution in [0.25, 0.3) is 0 Å². The molecule has 90 valence electrons. The van der Waals surface area contributed by atoms with Gasteiger partial charge < -0.3 is 5.73 Å². The number of halogens is 1. The SMILES string of the molecule is Cc1ccc(C(N)Cc2cn(C)nn2)cc1F. The highest BCUT2D eigenvalue weighted by atomic mass is 19.1. The molecular formula is C12H15FN4. The molecule has 0 spiro atoms. The van der Waals surface area contributed by atoms with Crippen LogP contribution in [0.15, 0.2) is 24.4 Å². The van der Waals surface area contributed by atoms with Crippen molar-refractivity contribution in [3.05, 3.63) is 47.0 Å². The number of benzene rings is 1. The van der Waals surface area contributed by atoms with Gasteiger partial charge in [-0.15, -0.1) is 5.10 Å². The van der Waals surface area contributed by atoms with Crippen molar-refractivity contribution in [3.8, 4) is 0 Å². The van der Waals surface area contributed by atoms with E-state index in [0.29, 0.717) is 12.0 Å². The molecule has 5 heteroatoms. The van der Waals surface area contributed by atoms with Gasteiger partial charge in [0.1, 0.15) is 5.82 Å². The number of rotatable bonds is 3. The fourth-order valence-corrected chi connectivity index (χ4v) is 1.67. The molecule has 1 heterocycles. The maximum Gasteiger partial charge on any atom is 0.126 e. The Morgan fingerprint density at radius 1 is 1.47 bits per heavy atom. The van der Waals surface area contributed by atoms with Gasteiger partial charge in [-0.2, -0.15) is 0 Å². The lowest BCUT2D eigenvalue weighted by atomic mass is 10.0. The topological polar surface area (TPSA) is 56.7 Å². The fourth-order valence-electron chi connectivity index (χ4n) is 1.67. The molecule has 0 saturated carbocycles. The van der Waals surface area contributed by atoms with Gasteiger partial charge in [-0.25, -0.2) is 4.39 Å². The molecule has 2 aromatic rings. The third-order valence-electron chi connectivity index (χ3n) is 2.70. The van der Waals surface area contributed by atoms with E-state index >= 15 is 0 Å². The number of aromatic nitrogens is 3. The van der Waals surface area contributed by atoms with Crippen molar-refractivity contribution in [2.45, 2.75) is 19.4 Å². The monoisotopic (exact) mass is 234 g/mol. The molecule has 0 aliphatic heterocycles. The Hall–Kier alpha value is -1.75. The Bertz CT molecular complexity index is 521. The van der Waals surface area contributed by atoms with Crippen molar-refractivity contribution < 1.29 is 4.39 Å². The Morgan fingerprint density at radius 3 is 2.82 bits per heavy atom. The van der Waals surface area contributed by atoms with Crippen LogP contribution in [0.2, 0.25) is 0 Å². The molecule has 0 aliphatic carbocycles. The summed E-state index contributed by atoms with van der Waals surface area (Å²) in [5.74, 6) is -0.225. The van der Waals surface area contributed by atoms with Gasteiger partial charge >= 0.3 is 0 Å². The predicted octanol–water partition coefficient (Wildman–Crippen LogP) is 1.51. The average Bonchev–Trinajstić information content (AvgIpc) is 2.68. The Balaban J connectivity index is 2.14. The summed E-state index contributed by atoms with van der Waals surface area (Å²) >= 11 is 0. The molecule has 2 rings (SSSR count). The molecule has 1 aromatic carbocycles. The summed E-state index contributed by atoms with van der Waals surface area (Å²) < 4.78 is 15.0. The van der Waals surface area contributed by atoms with Gasteiger partial charge in [0.25, 0.3) is 0 Å². The molecule has 0 fully saturated rings. The fraction of sp³-hybridized carbons (Fsp3) is 0.333. The van der Waals surface area contributed by atoms with Crippen molar-refractivity contribution in [2.24, 2.45) is 12.8 Å². The second kappa shape index (κ2) is 4.63. The maximum absolute atomic E-state index is 13.4. The lowest BCUT2D eigenvalue weighted by Crippen LogP contribution is -2.14. The third kappa shape index (κ3) is 2.68.